The van der Waals surface area contributed by atoms with Gasteiger partial charge in [0, 0.05) is 36.2 Å². The van der Waals surface area contributed by atoms with Gasteiger partial charge in [0.15, 0.2) is 5.11 Å². The molecular formula is C31H32ClN5OS. The number of thiocarbonyl (C=S) groups is 1. The molecule has 1 saturated heterocycles. The number of para-hydroxylation sites is 1. The zero-order valence-electron chi connectivity index (χ0n) is 22.5. The molecule has 4 aromatic rings. The van der Waals surface area contributed by atoms with Crippen molar-refractivity contribution in [2.45, 2.75) is 46.2 Å². The molecule has 1 aliphatic rings. The molecule has 1 amide bonds. The minimum Gasteiger partial charge on any atom is -0.352 e. The zero-order valence-corrected chi connectivity index (χ0v) is 24.1. The smallest absolute Gasteiger partial charge is 0.226 e. The van der Waals surface area contributed by atoms with E-state index < -0.39 is 0 Å². The van der Waals surface area contributed by atoms with E-state index in [1.54, 1.807) is 6.20 Å². The molecule has 2 N–H and O–H groups in total. The summed E-state index contributed by atoms with van der Waals surface area (Å²) in [6.45, 7) is 8.67. The highest BCUT2D eigenvalue weighted by molar-refractivity contribution is 7.80. The summed E-state index contributed by atoms with van der Waals surface area (Å²) in [5.74, 6) is -0.0481. The number of hydrogen-bond donors (Lipinski definition) is 2. The van der Waals surface area contributed by atoms with Gasteiger partial charge in [0.1, 0.15) is 0 Å². The molecular weight excluding hydrogens is 526 g/mol. The van der Waals surface area contributed by atoms with Crippen LogP contribution in [-0.2, 0) is 4.79 Å². The van der Waals surface area contributed by atoms with Crippen LogP contribution in [0.2, 0.25) is 5.02 Å². The fourth-order valence-electron chi connectivity index (χ4n) is 5.38. The van der Waals surface area contributed by atoms with Gasteiger partial charge in [-0.1, -0.05) is 41.9 Å². The quantitative estimate of drug-likeness (QED) is 0.246. The lowest BCUT2D eigenvalue weighted by Gasteiger charge is -2.28. The molecule has 0 unspecified atom stereocenters. The summed E-state index contributed by atoms with van der Waals surface area (Å²) in [4.78, 5) is 19.8. The van der Waals surface area contributed by atoms with Crippen molar-refractivity contribution in [1.29, 1.82) is 0 Å². The number of aromatic nitrogens is 2. The van der Waals surface area contributed by atoms with E-state index in [-0.39, 0.29) is 18.0 Å². The van der Waals surface area contributed by atoms with Gasteiger partial charge in [-0.25, -0.2) is 0 Å². The molecule has 1 fully saturated rings. The summed E-state index contributed by atoms with van der Waals surface area (Å²) in [7, 11) is 0. The molecule has 0 bridgehead atoms. The summed E-state index contributed by atoms with van der Waals surface area (Å²) >= 11 is 12.4. The van der Waals surface area contributed by atoms with E-state index in [4.69, 9.17) is 23.8 Å². The standard InChI is InChI=1S/C31H32ClN5OS/c1-19-12-13-20(2)26(17-19)34-28(38)14-16-36-30(29(35-31(36)39)25-10-7-8-15-33-25)23-18-21(3)37(22(23)4)27-11-6-5-9-24(27)32/h5-13,15,17-18,29-30H,14,16H2,1-4H3,(H,34,38)(H,35,39)/t29-,30+/m0/s1. The van der Waals surface area contributed by atoms with Gasteiger partial charge >= 0.3 is 0 Å². The Hall–Kier alpha value is -3.68. The second kappa shape index (κ2) is 11.2. The van der Waals surface area contributed by atoms with Crippen molar-refractivity contribution in [3.05, 3.63) is 112 Å². The SMILES string of the molecule is Cc1ccc(C)c(NC(=O)CCN2C(=S)N[C@@H](c3ccccn3)[C@H]2c2cc(C)n(-c3ccccc3Cl)c2C)c1. The number of benzene rings is 2. The number of carbonyl (C=O) groups is 1. The number of aryl methyl sites for hydroxylation is 3. The maximum Gasteiger partial charge on any atom is 0.226 e. The predicted octanol–water partition coefficient (Wildman–Crippen LogP) is 6.76. The van der Waals surface area contributed by atoms with E-state index in [9.17, 15) is 4.79 Å². The lowest BCUT2D eigenvalue weighted by Crippen LogP contribution is -2.33. The highest BCUT2D eigenvalue weighted by Gasteiger charge is 2.41. The van der Waals surface area contributed by atoms with Crippen molar-refractivity contribution >= 4 is 40.5 Å². The van der Waals surface area contributed by atoms with Crippen LogP contribution in [0.25, 0.3) is 5.69 Å². The Labute approximate surface area is 240 Å². The van der Waals surface area contributed by atoms with Gasteiger partial charge < -0.3 is 20.1 Å². The second-order valence-electron chi connectivity index (χ2n) is 10.0. The molecule has 2 aromatic carbocycles. The minimum absolute atomic E-state index is 0.0481. The minimum atomic E-state index is -0.166. The molecule has 2 aromatic heterocycles. The number of nitrogens with one attached hydrogen (secondary N) is 2. The van der Waals surface area contributed by atoms with Crippen LogP contribution >= 0.6 is 23.8 Å². The molecule has 3 heterocycles. The summed E-state index contributed by atoms with van der Waals surface area (Å²) < 4.78 is 2.18. The predicted molar refractivity (Wildman–Crippen MR) is 162 cm³/mol. The number of anilines is 1. The number of halogens is 1. The first kappa shape index (κ1) is 26.9. The van der Waals surface area contributed by atoms with E-state index in [0.29, 0.717) is 23.1 Å². The number of pyridine rings is 1. The normalized spacial score (nSPS) is 16.8. The Balaban J connectivity index is 1.48. The zero-order chi connectivity index (χ0) is 27.7. The van der Waals surface area contributed by atoms with Gasteiger partial charge in [-0.3, -0.25) is 9.78 Å². The van der Waals surface area contributed by atoms with Crippen molar-refractivity contribution in [2.75, 3.05) is 11.9 Å². The van der Waals surface area contributed by atoms with Crippen LogP contribution in [0, 0.1) is 27.7 Å². The number of carbonyl (C=O) groups excluding carboxylic acids is 1. The highest BCUT2D eigenvalue weighted by atomic mass is 35.5. The fraction of sp³-hybridized carbons (Fsp3) is 0.258. The van der Waals surface area contributed by atoms with Crippen LogP contribution in [-0.4, -0.2) is 32.0 Å². The first-order valence-electron chi connectivity index (χ1n) is 13.0. The number of amides is 1. The summed E-state index contributed by atoms with van der Waals surface area (Å²) in [5, 5.41) is 7.87. The summed E-state index contributed by atoms with van der Waals surface area (Å²) in [6.07, 6.45) is 2.09. The molecule has 5 rings (SSSR count). The van der Waals surface area contributed by atoms with E-state index in [2.05, 4.69) is 45.0 Å². The fourth-order valence-corrected chi connectivity index (χ4v) is 5.93. The van der Waals surface area contributed by atoms with E-state index >= 15 is 0 Å². The first-order chi connectivity index (χ1) is 18.7. The van der Waals surface area contributed by atoms with Crippen molar-refractivity contribution in [3.8, 4) is 5.69 Å². The van der Waals surface area contributed by atoms with Gasteiger partial charge in [-0.05, 0) is 93.0 Å². The van der Waals surface area contributed by atoms with Crippen molar-refractivity contribution in [1.82, 2.24) is 19.8 Å². The van der Waals surface area contributed by atoms with Crippen molar-refractivity contribution in [2.24, 2.45) is 0 Å². The maximum absolute atomic E-state index is 13.0. The molecule has 1 aliphatic heterocycles. The van der Waals surface area contributed by atoms with Gasteiger partial charge in [-0.2, -0.15) is 0 Å². The molecule has 0 radical (unpaired) electrons. The Bertz CT molecular complexity index is 1530. The molecule has 2 atom stereocenters. The van der Waals surface area contributed by atoms with E-state index in [1.165, 1.54) is 0 Å². The monoisotopic (exact) mass is 557 g/mol. The summed E-state index contributed by atoms with van der Waals surface area (Å²) in [6, 6.07) is 21.7. The number of rotatable bonds is 7. The van der Waals surface area contributed by atoms with Crippen LogP contribution in [0.15, 0.2) is 72.9 Å². The van der Waals surface area contributed by atoms with Crippen LogP contribution in [0.5, 0.6) is 0 Å². The number of nitrogens with zero attached hydrogens (tertiary/aromatic N) is 3. The van der Waals surface area contributed by atoms with Crippen LogP contribution in [0.3, 0.4) is 0 Å². The Morgan fingerprint density at radius 1 is 1.05 bits per heavy atom. The van der Waals surface area contributed by atoms with E-state index in [1.807, 2.05) is 74.5 Å². The third-order valence-electron chi connectivity index (χ3n) is 7.33. The molecule has 6 nitrogen and oxygen atoms in total. The third kappa shape index (κ3) is 5.42. The molecule has 39 heavy (non-hydrogen) atoms. The van der Waals surface area contributed by atoms with Crippen LogP contribution < -0.4 is 10.6 Å². The third-order valence-corrected chi connectivity index (χ3v) is 8.00. The van der Waals surface area contributed by atoms with Gasteiger partial charge in [0.25, 0.3) is 0 Å². The summed E-state index contributed by atoms with van der Waals surface area (Å²) in [5.41, 5.74) is 8.07. The molecule has 200 valence electrons. The average Bonchev–Trinajstić information content (AvgIpc) is 3.40. The van der Waals surface area contributed by atoms with Gasteiger partial charge in [0.2, 0.25) is 5.91 Å². The topological polar surface area (TPSA) is 62.2 Å². The van der Waals surface area contributed by atoms with Gasteiger partial charge in [-0.15, -0.1) is 0 Å². The molecule has 0 saturated carbocycles. The van der Waals surface area contributed by atoms with Crippen molar-refractivity contribution in [3.63, 3.8) is 0 Å². The lowest BCUT2D eigenvalue weighted by molar-refractivity contribution is -0.116. The van der Waals surface area contributed by atoms with Crippen LogP contribution in [0.4, 0.5) is 5.69 Å². The van der Waals surface area contributed by atoms with Crippen molar-refractivity contribution < 1.29 is 4.79 Å². The van der Waals surface area contributed by atoms with E-state index in [0.717, 1.165) is 45.1 Å². The Morgan fingerprint density at radius 3 is 2.56 bits per heavy atom. The molecule has 0 spiro atoms. The Kier molecular flexibility index (Phi) is 7.73. The number of hydrogen-bond acceptors (Lipinski definition) is 3. The maximum atomic E-state index is 13.0. The van der Waals surface area contributed by atoms with Crippen LogP contribution in [0.1, 0.15) is 52.3 Å². The molecule has 0 aliphatic carbocycles. The Morgan fingerprint density at radius 2 is 1.82 bits per heavy atom. The first-order valence-corrected chi connectivity index (χ1v) is 13.8. The average molecular weight is 558 g/mol. The lowest BCUT2D eigenvalue weighted by atomic mass is 9.96. The molecule has 8 heteroatoms. The largest absolute Gasteiger partial charge is 0.352 e. The second-order valence-corrected chi connectivity index (χ2v) is 10.8. The van der Waals surface area contributed by atoms with Gasteiger partial charge in [0.05, 0.1) is 28.5 Å². The highest BCUT2D eigenvalue weighted by Crippen LogP contribution is 2.42.